The van der Waals surface area contributed by atoms with E-state index in [0.717, 1.165) is 27.0 Å². The maximum atomic E-state index is 10.7. The van der Waals surface area contributed by atoms with E-state index in [1.807, 2.05) is 48.5 Å². The average molecular weight is 413 g/mol. The fraction of sp³-hybridized carbons (Fsp3) is 0.100. The number of nitro benzene ring substituents is 1. The summed E-state index contributed by atoms with van der Waals surface area (Å²) < 4.78 is 6.93. The quantitative estimate of drug-likeness (QED) is 0.408. The van der Waals surface area contributed by atoms with Crippen LogP contribution >= 0.6 is 15.9 Å². The molecule has 5 nitrogen and oxygen atoms in total. The van der Waals surface area contributed by atoms with Gasteiger partial charge in [-0.1, -0.05) is 46.3 Å². The standard InChI is InChI=1S/C20H17BrN2O3/c21-17-6-11-20(26-14-15-4-2-1-3-5-15)16(12-17)13-22-18-7-9-19(10-8-18)23(24)25/h1-12,22H,13-14H2. The lowest BCUT2D eigenvalue weighted by Gasteiger charge is -2.13. The van der Waals surface area contributed by atoms with Crippen molar-refractivity contribution in [3.05, 3.63) is 98.5 Å². The number of halogens is 1. The maximum Gasteiger partial charge on any atom is 0.269 e. The van der Waals surface area contributed by atoms with E-state index in [-0.39, 0.29) is 5.69 Å². The van der Waals surface area contributed by atoms with Crippen molar-refractivity contribution < 1.29 is 9.66 Å². The second-order valence-electron chi connectivity index (χ2n) is 5.68. The predicted molar refractivity (Wildman–Crippen MR) is 105 cm³/mol. The largest absolute Gasteiger partial charge is 0.489 e. The summed E-state index contributed by atoms with van der Waals surface area (Å²) in [5, 5.41) is 14.0. The van der Waals surface area contributed by atoms with Gasteiger partial charge in [0.15, 0.2) is 0 Å². The van der Waals surface area contributed by atoms with Crippen LogP contribution in [0.3, 0.4) is 0 Å². The van der Waals surface area contributed by atoms with Gasteiger partial charge in [0.25, 0.3) is 5.69 Å². The smallest absolute Gasteiger partial charge is 0.269 e. The summed E-state index contributed by atoms with van der Waals surface area (Å²) >= 11 is 3.49. The normalized spacial score (nSPS) is 10.3. The molecule has 0 saturated heterocycles. The fourth-order valence-corrected chi connectivity index (χ4v) is 2.87. The summed E-state index contributed by atoms with van der Waals surface area (Å²) in [6, 6.07) is 22.2. The summed E-state index contributed by atoms with van der Waals surface area (Å²) in [6.07, 6.45) is 0. The summed E-state index contributed by atoms with van der Waals surface area (Å²) in [6.45, 7) is 1.04. The minimum Gasteiger partial charge on any atom is -0.489 e. The molecule has 0 aliphatic rings. The van der Waals surface area contributed by atoms with Crippen molar-refractivity contribution in [1.29, 1.82) is 0 Å². The molecule has 0 fully saturated rings. The van der Waals surface area contributed by atoms with Gasteiger partial charge in [-0.3, -0.25) is 10.1 Å². The molecule has 132 valence electrons. The highest BCUT2D eigenvalue weighted by Crippen LogP contribution is 2.25. The second-order valence-corrected chi connectivity index (χ2v) is 6.60. The first-order valence-electron chi connectivity index (χ1n) is 8.05. The van der Waals surface area contributed by atoms with Crippen molar-refractivity contribution in [2.75, 3.05) is 5.32 Å². The van der Waals surface area contributed by atoms with Crippen LogP contribution in [0.25, 0.3) is 0 Å². The monoisotopic (exact) mass is 412 g/mol. The first-order chi connectivity index (χ1) is 12.6. The summed E-state index contributed by atoms with van der Waals surface area (Å²) in [7, 11) is 0. The lowest BCUT2D eigenvalue weighted by atomic mass is 10.2. The van der Waals surface area contributed by atoms with E-state index in [1.165, 1.54) is 12.1 Å². The summed E-state index contributed by atoms with van der Waals surface area (Å²) in [5.74, 6) is 0.798. The van der Waals surface area contributed by atoms with E-state index in [0.29, 0.717) is 13.2 Å². The van der Waals surface area contributed by atoms with E-state index >= 15 is 0 Å². The zero-order valence-corrected chi connectivity index (χ0v) is 15.5. The number of benzene rings is 3. The molecule has 26 heavy (non-hydrogen) atoms. The van der Waals surface area contributed by atoms with Crippen LogP contribution in [-0.2, 0) is 13.2 Å². The number of non-ortho nitro benzene ring substituents is 1. The molecule has 0 bridgehead atoms. The molecule has 0 amide bonds. The van der Waals surface area contributed by atoms with E-state index in [4.69, 9.17) is 4.74 Å². The molecule has 0 radical (unpaired) electrons. The van der Waals surface area contributed by atoms with Crippen LogP contribution in [0.1, 0.15) is 11.1 Å². The Balaban J connectivity index is 1.68. The molecule has 0 spiro atoms. The Morgan fingerprint density at radius 3 is 2.42 bits per heavy atom. The number of hydrogen-bond acceptors (Lipinski definition) is 4. The average Bonchev–Trinajstić information content (AvgIpc) is 2.66. The van der Waals surface area contributed by atoms with Crippen LogP contribution in [0.15, 0.2) is 77.3 Å². The van der Waals surface area contributed by atoms with Crippen molar-refractivity contribution in [3.63, 3.8) is 0 Å². The van der Waals surface area contributed by atoms with Crippen molar-refractivity contribution >= 4 is 27.3 Å². The Bertz CT molecular complexity index is 883. The third-order valence-corrected chi connectivity index (χ3v) is 4.31. The van der Waals surface area contributed by atoms with Gasteiger partial charge in [-0.05, 0) is 35.9 Å². The molecule has 0 heterocycles. The van der Waals surface area contributed by atoms with E-state index in [9.17, 15) is 10.1 Å². The van der Waals surface area contributed by atoms with Gasteiger partial charge in [-0.2, -0.15) is 0 Å². The second kappa shape index (κ2) is 8.49. The van der Waals surface area contributed by atoms with Gasteiger partial charge < -0.3 is 10.1 Å². The number of hydrogen-bond donors (Lipinski definition) is 1. The van der Waals surface area contributed by atoms with Crippen molar-refractivity contribution in [2.45, 2.75) is 13.2 Å². The molecular formula is C20H17BrN2O3. The molecule has 0 atom stereocenters. The SMILES string of the molecule is O=[N+]([O-])c1ccc(NCc2cc(Br)ccc2OCc2ccccc2)cc1. The molecular weight excluding hydrogens is 396 g/mol. The van der Waals surface area contributed by atoms with Crippen molar-refractivity contribution in [1.82, 2.24) is 0 Å². The minimum absolute atomic E-state index is 0.0740. The Morgan fingerprint density at radius 1 is 1.00 bits per heavy atom. The summed E-state index contributed by atoms with van der Waals surface area (Å²) in [5.41, 5.74) is 2.98. The van der Waals surface area contributed by atoms with Crippen LogP contribution in [0, 0.1) is 10.1 Å². The highest BCUT2D eigenvalue weighted by Gasteiger charge is 2.07. The number of ether oxygens (including phenoxy) is 1. The first-order valence-corrected chi connectivity index (χ1v) is 8.84. The van der Waals surface area contributed by atoms with E-state index < -0.39 is 4.92 Å². The number of nitrogens with zero attached hydrogens (tertiary/aromatic N) is 1. The van der Waals surface area contributed by atoms with Gasteiger partial charge in [0.1, 0.15) is 12.4 Å². The van der Waals surface area contributed by atoms with Gasteiger partial charge in [-0.25, -0.2) is 0 Å². The molecule has 0 aliphatic heterocycles. The fourth-order valence-electron chi connectivity index (χ4n) is 2.46. The van der Waals surface area contributed by atoms with Crippen molar-refractivity contribution in [3.8, 4) is 5.75 Å². The molecule has 6 heteroatoms. The van der Waals surface area contributed by atoms with Crippen LogP contribution in [0.2, 0.25) is 0 Å². The molecule has 0 saturated carbocycles. The first kappa shape index (κ1) is 17.9. The molecule has 0 aliphatic carbocycles. The molecule has 1 N–H and O–H groups in total. The third-order valence-electron chi connectivity index (χ3n) is 3.82. The highest BCUT2D eigenvalue weighted by molar-refractivity contribution is 9.10. The lowest BCUT2D eigenvalue weighted by molar-refractivity contribution is -0.384. The van der Waals surface area contributed by atoms with Gasteiger partial charge in [0.2, 0.25) is 0 Å². The maximum absolute atomic E-state index is 10.7. The Hall–Kier alpha value is -2.86. The molecule has 0 aromatic heterocycles. The van der Waals surface area contributed by atoms with Crippen LogP contribution in [0.4, 0.5) is 11.4 Å². The number of nitrogens with one attached hydrogen (secondary N) is 1. The topological polar surface area (TPSA) is 64.4 Å². The van der Waals surface area contributed by atoms with Gasteiger partial charge >= 0.3 is 0 Å². The van der Waals surface area contributed by atoms with Crippen molar-refractivity contribution in [2.24, 2.45) is 0 Å². The molecule has 3 aromatic carbocycles. The van der Waals surface area contributed by atoms with Crippen LogP contribution < -0.4 is 10.1 Å². The zero-order valence-electron chi connectivity index (χ0n) is 13.9. The number of rotatable bonds is 7. The van der Waals surface area contributed by atoms with Gasteiger partial charge in [0, 0.05) is 34.4 Å². The number of nitro groups is 1. The zero-order chi connectivity index (χ0) is 18.4. The lowest BCUT2D eigenvalue weighted by Crippen LogP contribution is -2.04. The molecule has 0 unspecified atom stereocenters. The summed E-state index contributed by atoms with van der Waals surface area (Å²) in [4.78, 5) is 10.3. The van der Waals surface area contributed by atoms with E-state index in [1.54, 1.807) is 12.1 Å². The van der Waals surface area contributed by atoms with Crippen LogP contribution in [0.5, 0.6) is 5.75 Å². The Labute approximate surface area is 159 Å². The third kappa shape index (κ3) is 4.83. The van der Waals surface area contributed by atoms with Crippen LogP contribution in [-0.4, -0.2) is 4.92 Å². The highest BCUT2D eigenvalue weighted by atomic mass is 79.9. The van der Waals surface area contributed by atoms with Gasteiger partial charge in [-0.15, -0.1) is 0 Å². The molecule has 3 aromatic rings. The Morgan fingerprint density at radius 2 is 1.73 bits per heavy atom. The minimum atomic E-state index is -0.409. The predicted octanol–water partition coefficient (Wildman–Crippen LogP) is 5.55. The Kier molecular flexibility index (Phi) is 5.86. The molecule has 3 rings (SSSR count). The van der Waals surface area contributed by atoms with Gasteiger partial charge in [0.05, 0.1) is 4.92 Å². The number of anilines is 1. The van der Waals surface area contributed by atoms with E-state index in [2.05, 4.69) is 21.2 Å².